The summed E-state index contributed by atoms with van der Waals surface area (Å²) in [6.07, 6.45) is -0.553. The van der Waals surface area contributed by atoms with Crippen LogP contribution in [0.3, 0.4) is 0 Å². The van der Waals surface area contributed by atoms with Gasteiger partial charge < -0.3 is 10.8 Å². The Morgan fingerprint density at radius 3 is 2.56 bits per heavy atom. The summed E-state index contributed by atoms with van der Waals surface area (Å²) < 4.78 is 25.7. The second-order valence-electron chi connectivity index (χ2n) is 3.67. The third kappa shape index (κ3) is 1.95. The van der Waals surface area contributed by atoms with Crippen molar-refractivity contribution in [3.05, 3.63) is 22.7 Å². The molecule has 1 aromatic rings. The molecule has 7 heteroatoms. The van der Waals surface area contributed by atoms with Gasteiger partial charge >= 0.3 is 0 Å². The van der Waals surface area contributed by atoms with E-state index < -0.39 is 16.1 Å². The summed E-state index contributed by atoms with van der Waals surface area (Å²) in [5.41, 5.74) is 6.03. The van der Waals surface area contributed by atoms with Gasteiger partial charge in [0.05, 0.1) is 11.0 Å². The highest BCUT2D eigenvalue weighted by Crippen LogP contribution is 2.29. The standard InChI is InChI=1S/C9H11BrN2O3S/c10-8-3-6(11)1-2-9(8)16(14,15)12-4-7(13)5-12/h1-3,7,13H,4-5,11H2. The highest BCUT2D eigenvalue weighted by Gasteiger charge is 2.36. The summed E-state index contributed by atoms with van der Waals surface area (Å²) in [7, 11) is -3.51. The minimum Gasteiger partial charge on any atom is -0.399 e. The van der Waals surface area contributed by atoms with E-state index in [9.17, 15) is 8.42 Å². The lowest BCUT2D eigenvalue weighted by atomic mass is 10.2. The van der Waals surface area contributed by atoms with E-state index >= 15 is 0 Å². The van der Waals surface area contributed by atoms with Crippen molar-refractivity contribution in [2.45, 2.75) is 11.0 Å². The Labute approximate surface area is 102 Å². The van der Waals surface area contributed by atoms with Crippen molar-refractivity contribution in [1.82, 2.24) is 4.31 Å². The van der Waals surface area contributed by atoms with Crippen LogP contribution in [0.4, 0.5) is 5.69 Å². The van der Waals surface area contributed by atoms with Crippen molar-refractivity contribution in [3.8, 4) is 0 Å². The number of benzene rings is 1. The number of nitrogen functional groups attached to an aromatic ring is 1. The molecule has 88 valence electrons. The third-order valence-electron chi connectivity index (χ3n) is 2.40. The summed E-state index contributed by atoms with van der Waals surface area (Å²) in [5.74, 6) is 0. The fourth-order valence-corrected chi connectivity index (χ4v) is 4.05. The smallest absolute Gasteiger partial charge is 0.244 e. The summed E-state index contributed by atoms with van der Waals surface area (Å²) in [6.45, 7) is 0.304. The monoisotopic (exact) mass is 306 g/mol. The molecular formula is C9H11BrN2O3S. The van der Waals surface area contributed by atoms with Crippen LogP contribution < -0.4 is 5.73 Å². The molecule has 1 heterocycles. The number of β-amino-alcohol motifs (C(OH)–C–C–N with tert-alkyl or cyclic N) is 1. The second-order valence-corrected chi connectivity index (χ2v) is 6.43. The topological polar surface area (TPSA) is 83.6 Å². The zero-order valence-electron chi connectivity index (χ0n) is 8.30. The van der Waals surface area contributed by atoms with Crippen LogP contribution in [-0.4, -0.2) is 37.0 Å². The number of nitrogens with two attached hydrogens (primary N) is 1. The molecule has 0 aliphatic carbocycles. The van der Waals surface area contributed by atoms with Gasteiger partial charge in [-0.2, -0.15) is 4.31 Å². The van der Waals surface area contributed by atoms with Crippen molar-refractivity contribution in [2.24, 2.45) is 0 Å². The van der Waals surface area contributed by atoms with Crippen LogP contribution in [-0.2, 0) is 10.0 Å². The number of hydrogen-bond acceptors (Lipinski definition) is 4. The van der Waals surface area contributed by atoms with Gasteiger partial charge in [-0.25, -0.2) is 8.42 Å². The van der Waals surface area contributed by atoms with Gasteiger partial charge in [0.1, 0.15) is 0 Å². The molecule has 1 saturated heterocycles. The number of hydrogen-bond donors (Lipinski definition) is 2. The minimum atomic E-state index is -3.51. The molecule has 0 saturated carbocycles. The summed E-state index contributed by atoms with van der Waals surface area (Å²) in [4.78, 5) is 0.175. The van der Waals surface area contributed by atoms with Crippen LogP contribution in [0.15, 0.2) is 27.6 Å². The van der Waals surface area contributed by atoms with Gasteiger partial charge in [-0.05, 0) is 34.1 Å². The number of anilines is 1. The number of sulfonamides is 1. The van der Waals surface area contributed by atoms with E-state index in [-0.39, 0.29) is 18.0 Å². The Kier molecular flexibility index (Phi) is 2.95. The van der Waals surface area contributed by atoms with Gasteiger partial charge in [-0.1, -0.05) is 0 Å². The first-order chi connectivity index (χ1) is 7.41. The molecule has 3 N–H and O–H groups in total. The molecule has 1 aliphatic rings. The molecule has 0 radical (unpaired) electrons. The first-order valence-electron chi connectivity index (χ1n) is 4.64. The van der Waals surface area contributed by atoms with E-state index in [1.54, 1.807) is 6.07 Å². The first kappa shape index (κ1) is 11.8. The van der Waals surface area contributed by atoms with E-state index in [2.05, 4.69) is 15.9 Å². The lowest BCUT2D eigenvalue weighted by molar-refractivity contribution is 0.0547. The van der Waals surface area contributed by atoms with Crippen molar-refractivity contribution >= 4 is 31.6 Å². The van der Waals surface area contributed by atoms with E-state index in [1.165, 1.54) is 16.4 Å². The summed E-state index contributed by atoms with van der Waals surface area (Å²) in [6, 6.07) is 4.54. The summed E-state index contributed by atoms with van der Waals surface area (Å²) >= 11 is 3.17. The number of nitrogens with zero attached hydrogens (tertiary/aromatic N) is 1. The Hall–Kier alpha value is -0.630. The molecule has 16 heavy (non-hydrogen) atoms. The molecule has 5 nitrogen and oxygen atoms in total. The molecule has 1 aliphatic heterocycles. The number of rotatable bonds is 2. The van der Waals surface area contributed by atoms with Crippen molar-refractivity contribution < 1.29 is 13.5 Å². The van der Waals surface area contributed by atoms with E-state index in [4.69, 9.17) is 10.8 Å². The fraction of sp³-hybridized carbons (Fsp3) is 0.333. The van der Waals surface area contributed by atoms with Gasteiger partial charge in [0.25, 0.3) is 0 Å². The van der Waals surface area contributed by atoms with Crippen LogP contribution in [0, 0.1) is 0 Å². The maximum Gasteiger partial charge on any atom is 0.244 e. The lowest BCUT2D eigenvalue weighted by Gasteiger charge is -2.34. The molecule has 0 atom stereocenters. The quantitative estimate of drug-likeness (QED) is 0.775. The fourth-order valence-electron chi connectivity index (χ4n) is 1.48. The average molecular weight is 307 g/mol. The summed E-state index contributed by atoms with van der Waals surface area (Å²) in [5, 5.41) is 9.10. The maximum absolute atomic E-state index is 12.0. The van der Waals surface area contributed by atoms with Gasteiger partial charge in [0.2, 0.25) is 10.0 Å². The largest absolute Gasteiger partial charge is 0.399 e. The predicted octanol–water partition coefficient (Wildman–Crippen LogP) is 0.396. The van der Waals surface area contributed by atoms with E-state index in [0.29, 0.717) is 10.2 Å². The van der Waals surface area contributed by atoms with E-state index in [1.807, 2.05) is 0 Å². The number of aliphatic hydroxyl groups is 1. The minimum absolute atomic E-state index is 0.152. The van der Waals surface area contributed by atoms with Crippen LogP contribution >= 0.6 is 15.9 Å². The molecular weight excluding hydrogens is 296 g/mol. The van der Waals surface area contributed by atoms with Gasteiger partial charge in [-0.15, -0.1) is 0 Å². The van der Waals surface area contributed by atoms with Crippen molar-refractivity contribution in [2.75, 3.05) is 18.8 Å². The predicted molar refractivity (Wildman–Crippen MR) is 63.3 cm³/mol. The zero-order valence-corrected chi connectivity index (χ0v) is 10.7. The molecule has 1 fully saturated rings. The van der Waals surface area contributed by atoms with Crippen LogP contribution in [0.1, 0.15) is 0 Å². The second kappa shape index (κ2) is 3.99. The maximum atomic E-state index is 12.0. The molecule has 0 bridgehead atoms. The normalized spacial score (nSPS) is 18.4. The number of halogens is 1. The molecule has 0 spiro atoms. The Balaban J connectivity index is 2.36. The van der Waals surface area contributed by atoms with E-state index in [0.717, 1.165) is 0 Å². The van der Waals surface area contributed by atoms with Crippen molar-refractivity contribution in [1.29, 1.82) is 0 Å². The third-order valence-corrected chi connectivity index (χ3v) is 5.21. The SMILES string of the molecule is Nc1ccc(S(=O)(=O)N2CC(O)C2)c(Br)c1. The Bertz CT molecular complexity index is 511. The van der Waals surface area contributed by atoms with Crippen LogP contribution in [0.5, 0.6) is 0 Å². The van der Waals surface area contributed by atoms with Gasteiger partial charge in [0, 0.05) is 23.2 Å². The van der Waals surface area contributed by atoms with Crippen LogP contribution in [0.2, 0.25) is 0 Å². The van der Waals surface area contributed by atoms with Gasteiger partial charge in [-0.3, -0.25) is 0 Å². The Morgan fingerprint density at radius 1 is 1.44 bits per heavy atom. The van der Waals surface area contributed by atoms with Crippen molar-refractivity contribution in [3.63, 3.8) is 0 Å². The molecule has 2 rings (SSSR count). The Morgan fingerprint density at radius 2 is 2.06 bits per heavy atom. The highest BCUT2D eigenvalue weighted by atomic mass is 79.9. The number of aliphatic hydroxyl groups excluding tert-OH is 1. The highest BCUT2D eigenvalue weighted by molar-refractivity contribution is 9.10. The molecule has 1 aromatic carbocycles. The lowest BCUT2D eigenvalue weighted by Crippen LogP contribution is -2.53. The molecule has 0 amide bonds. The first-order valence-corrected chi connectivity index (χ1v) is 6.88. The molecule has 0 aromatic heterocycles. The average Bonchev–Trinajstić information content (AvgIpc) is 2.12. The zero-order chi connectivity index (χ0) is 11.9. The molecule has 0 unspecified atom stereocenters. The van der Waals surface area contributed by atoms with Crippen LogP contribution in [0.25, 0.3) is 0 Å². The van der Waals surface area contributed by atoms with Gasteiger partial charge in [0.15, 0.2) is 0 Å².